The molecule has 1 saturated heterocycles. The molecular formula is C10H16ClN3. The predicted molar refractivity (Wildman–Crippen MR) is 59.0 cm³/mol. The van der Waals surface area contributed by atoms with E-state index in [9.17, 15) is 0 Å². The molecule has 0 unspecified atom stereocenters. The van der Waals surface area contributed by atoms with Crippen molar-refractivity contribution in [2.75, 3.05) is 18.0 Å². The first kappa shape index (κ1) is 9.84. The van der Waals surface area contributed by atoms with Gasteiger partial charge in [0.25, 0.3) is 0 Å². The van der Waals surface area contributed by atoms with Crippen LogP contribution in [0.3, 0.4) is 0 Å². The fraction of sp³-hybridized carbons (Fsp3) is 0.700. The Morgan fingerprint density at radius 2 is 1.86 bits per heavy atom. The van der Waals surface area contributed by atoms with E-state index in [0.29, 0.717) is 0 Å². The smallest absolute Gasteiger partial charge is 0.166 e. The first-order chi connectivity index (χ1) is 6.70. The highest BCUT2D eigenvalue weighted by Crippen LogP contribution is 2.27. The zero-order valence-corrected chi connectivity index (χ0v) is 9.51. The van der Waals surface area contributed by atoms with E-state index < -0.39 is 0 Å². The molecule has 0 N–H and O–H groups in total. The summed E-state index contributed by atoms with van der Waals surface area (Å²) in [5.74, 6) is 1.95. The molecule has 0 aliphatic carbocycles. The molecule has 1 aliphatic rings. The fourth-order valence-electron chi connectivity index (χ4n) is 1.87. The second-order valence-electron chi connectivity index (χ2n) is 3.88. The largest absolute Gasteiger partial charge is 0.354 e. The van der Waals surface area contributed by atoms with Crippen LogP contribution in [0.15, 0.2) is 0 Å². The molecule has 0 aromatic carbocycles. The van der Waals surface area contributed by atoms with Crippen LogP contribution in [0.25, 0.3) is 0 Å². The Morgan fingerprint density at radius 3 is 2.36 bits per heavy atom. The maximum Gasteiger partial charge on any atom is 0.166 e. The lowest BCUT2D eigenvalue weighted by Crippen LogP contribution is -2.29. The van der Waals surface area contributed by atoms with Gasteiger partial charge in [-0.2, -0.15) is 0 Å². The van der Waals surface area contributed by atoms with E-state index in [0.717, 1.165) is 29.9 Å². The predicted octanol–water partition coefficient (Wildman–Crippen LogP) is 2.37. The molecule has 1 fully saturated rings. The Morgan fingerprint density at radius 1 is 1.21 bits per heavy atom. The molecule has 1 aliphatic heterocycles. The quantitative estimate of drug-likeness (QED) is 0.714. The molecule has 2 heterocycles. The maximum atomic E-state index is 6.21. The molecule has 0 spiro atoms. The number of rotatable bonds is 1. The molecule has 0 bridgehead atoms. The number of nitrogens with zero attached hydrogens (tertiary/aromatic N) is 3. The third-order valence-corrected chi connectivity index (χ3v) is 3.31. The van der Waals surface area contributed by atoms with Gasteiger partial charge in [-0.25, -0.2) is 4.98 Å². The summed E-state index contributed by atoms with van der Waals surface area (Å²) in [6, 6.07) is 0. The van der Waals surface area contributed by atoms with E-state index >= 15 is 0 Å². The number of aromatic nitrogens is 2. The van der Waals surface area contributed by atoms with Crippen molar-refractivity contribution in [2.24, 2.45) is 7.05 Å². The van der Waals surface area contributed by atoms with Crippen molar-refractivity contribution in [1.82, 2.24) is 9.55 Å². The van der Waals surface area contributed by atoms with Gasteiger partial charge >= 0.3 is 0 Å². The van der Waals surface area contributed by atoms with Crippen molar-refractivity contribution in [3.63, 3.8) is 0 Å². The summed E-state index contributed by atoms with van der Waals surface area (Å²) in [5.41, 5.74) is 0. The van der Waals surface area contributed by atoms with Crippen molar-refractivity contribution < 1.29 is 0 Å². The molecule has 3 nitrogen and oxygen atoms in total. The summed E-state index contributed by atoms with van der Waals surface area (Å²) >= 11 is 6.21. The molecule has 2 rings (SSSR count). The second-order valence-corrected chi connectivity index (χ2v) is 4.24. The molecule has 1 aromatic rings. The van der Waals surface area contributed by atoms with Gasteiger partial charge in [-0.05, 0) is 26.2 Å². The SMILES string of the molecule is Cc1nc(N2CCCCC2)c(Cl)n1C. The minimum atomic E-state index is 0.768. The molecule has 1 aromatic heterocycles. The summed E-state index contributed by atoms with van der Waals surface area (Å²) < 4.78 is 1.94. The molecule has 0 atom stereocenters. The summed E-state index contributed by atoms with van der Waals surface area (Å²) in [6.07, 6.45) is 3.85. The number of anilines is 1. The highest BCUT2D eigenvalue weighted by Gasteiger charge is 2.18. The lowest BCUT2D eigenvalue weighted by atomic mass is 10.1. The first-order valence-electron chi connectivity index (χ1n) is 5.14. The van der Waals surface area contributed by atoms with E-state index in [1.54, 1.807) is 0 Å². The topological polar surface area (TPSA) is 21.1 Å². The molecule has 0 radical (unpaired) electrons. The van der Waals surface area contributed by atoms with Gasteiger partial charge in [0.15, 0.2) is 11.0 Å². The van der Waals surface area contributed by atoms with Crippen LogP contribution in [0.5, 0.6) is 0 Å². The third-order valence-electron chi connectivity index (χ3n) is 2.89. The van der Waals surface area contributed by atoms with Crippen LogP contribution in [0.2, 0.25) is 5.15 Å². The fourth-order valence-corrected chi connectivity index (χ4v) is 2.16. The zero-order chi connectivity index (χ0) is 10.1. The van der Waals surface area contributed by atoms with E-state index in [4.69, 9.17) is 11.6 Å². The Kier molecular flexibility index (Phi) is 2.68. The van der Waals surface area contributed by atoms with E-state index in [1.165, 1.54) is 19.3 Å². The van der Waals surface area contributed by atoms with Gasteiger partial charge in [0.05, 0.1) is 0 Å². The molecule has 14 heavy (non-hydrogen) atoms. The second kappa shape index (κ2) is 3.81. The van der Waals surface area contributed by atoms with E-state index in [-0.39, 0.29) is 0 Å². The van der Waals surface area contributed by atoms with Crippen LogP contribution in [0.4, 0.5) is 5.82 Å². The first-order valence-corrected chi connectivity index (χ1v) is 5.51. The van der Waals surface area contributed by atoms with Gasteiger partial charge in [0.2, 0.25) is 0 Å². The highest BCUT2D eigenvalue weighted by atomic mass is 35.5. The average molecular weight is 214 g/mol. The van der Waals surface area contributed by atoms with E-state index in [1.807, 2.05) is 18.5 Å². The lowest BCUT2D eigenvalue weighted by Gasteiger charge is -2.26. The lowest BCUT2D eigenvalue weighted by molar-refractivity contribution is 0.574. The van der Waals surface area contributed by atoms with Crippen LogP contribution in [0.1, 0.15) is 25.1 Å². The molecular weight excluding hydrogens is 198 g/mol. The van der Waals surface area contributed by atoms with Crippen molar-refractivity contribution in [2.45, 2.75) is 26.2 Å². The van der Waals surface area contributed by atoms with Crippen molar-refractivity contribution in [3.05, 3.63) is 11.0 Å². The van der Waals surface area contributed by atoms with Crippen LogP contribution in [-0.2, 0) is 7.05 Å². The Balaban J connectivity index is 2.26. The van der Waals surface area contributed by atoms with Gasteiger partial charge in [-0.15, -0.1) is 0 Å². The van der Waals surface area contributed by atoms with Crippen LogP contribution < -0.4 is 4.90 Å². The Bertz CT molecular complexity index is 326. The summed E-state index contributed by atoms with van der Waals surface area (Å²) in [4.78, 5) is 6.78. The molecule has 0 amide bonds. The standard InChI is InChI=1S/C10H16ClN3/c1-8-12-10(9(11)13(8)2)14-6-4-3-5-7-14/h3-7H2,1-2H3. The zero-order valence-electron chi connectivity index (χ0n) is 8.76. The summed E-state index contributed by atoms with van der Waals surface area (Å²) in [5, 5.41) is 0.768. The number of imidazole rings is 1. The van der Waals surface area contributed by atoms with Crippen molar-refractivity contribution in [3.8, 4) is 0 Å². The normalized spacial score (nSPS) is 17.5. The Hall–Kier alpha value is -0.700. The number of piperidine rings is 1. The summed E-state index contributed by atoms with van der Waals surface area (Å²) in [6.45, 7) is 4.17. The van der Waals surface area contributed by atoms with Gasteiger partial charge in [-0.3, -0.25) is 0 Å². The molecule has 4 heteroatoms. The maximum absolute atomic E-state index is 6.21. The Labute approximate surface area is 89.7 Å². The summed E-state index contributed by atoms with van der Waals surface area (Å²) in [7, 11) is 1.96. The van der Waals surface area contributed by atoms with Gasteiger partial charge in [0, 0.05) is 20.1 Å². The molecule has 78 valence electrons. The highest BCUT2D eigenvalue weighted by molar-refractivity contribution is 6.32. The van der Waals surface area contributed by atoms with Crippen LogP contribution >= 0.6 is 11.6 Å². The third kappa shape index (κ3) is 1.61. The average Bonchev–Trinajstić information content (AvgIpc) is 2.47. The number of aryl methyl sites for hydroxylation is 1. The minimum Gasteiger partial charge on any atom is -0.354 e. The van der Waals surface area contributed by atoms with Gasteiger partial charge < -0.3 is 9.47 Å². The monoisotopic (exact) mass is 213 g/mol. The van der Waals surface area contributed by atoms with Gasteiger partial charge in [0.1, 0.15) is 5.82 Å². The minimum absolute atomic E-state index is 0.768. The number of hydrogen-bond acceptors (Lipinski definition) is 2. The van der Waals surface area contributed by atoms with E-state index in [2.05, 4.69) is 9.88 Å². The van der Waals surface area contributed by atoms with Crippen molar-refractivity contribution >= 4 is 17.4 Å². The van der Waals surface area contributed by atoms with Crippen molar-refractivity contribution in [1.29, 1.82) is 0 Å². The molecule has 0 saturated carbocycles. The number of halogens is 1. The van der Waals surface area contributed by atoms with Crippen LogP contribution in [0, 0.1) is 6.92 Å². The van der Waals surface area contributed by atoms with Gasteiger partial charge in [-0.1, -0.05) is 11.6 Å². The van der Waals surface area contributed by atoms with Crippen LogP contribution in [-0.4, -0.2) is 22.6 Å². The number of hydrogen-bond donors (Lipinski definition) is 0.